The van der Waals surface area contributed by atoms with Crippen molar-refractivity contribution in [2.45, 2.75) is 38.5 Å². The molecule has 0 saturated heterocycles. The third-order valence-electron chi connectivity index (χ3n) is 1.76. The smallest absolute Gasteiger partial charge is 0.00693 e. The highest BCUT2D eigenvalue weighted by Gasteiger charge is 1.85. The molecular formula is C12H20S. The summed E-state index contributed by atoms with van der Waals surface area (Å²) in [6.07, 6.45) is 4.73. The maximum atomic E-state index is 2.18. The molecular weight excluding hydrogens is 176 g/mol. The molecule has 0 amide bonds. The number of benzene rings is 1. The van der Waals surface area contributed by atoms with Crippen LogP contribution in [-0.2, 0) is 0 Å². The number of aryl methyl sites for hydroxylation is 1. The van der Waals surface area contributed by atoms with Crippen molar-refractivity contribution in [2.24, 2.45) is 0 Å². The number of rotatable bonds is 2. The van der Waals surface area contributed by atoms with E-state index in [1.165, 1.54) is 23.3 Å². The van der Waals surface area contributed by atoms with Gasteiger partial charge >= 0.3 is 0 Å². The molecule has 0 unspecified atom stereocenters. The van der Waals surface area contributed by atoms with E-state index in [9.17, 15) is 0 Å². The van der Waals surface area contributed by atoms with E-state index in [2.05, 4.69) is 51.3 Å². The molecule has 74 valence electrons. The number of unbranched alkanes of at least 4 members (excludes halogenated alkanes) is 1. The lowest BCUT2D eigenvalue weighted by molar-refractivity contribution is 0.886. The minimum Gasteiger partial charge on any atom is -0.130 e. The van der Waals surface area contributed by atoms with Gasteiger partial charge in [-0.1, -0.05) is 44.4 Å². The van der Waals surface area contributed by atoms with Crippen LogP contribution in [-0.4, -0.2) is 6.26 Å². The first kappa shape index (κ1) is 12.6. The monoisotopic (exact) mass is 196 g/mol. The Morgan fingerprint density at radius 1 is 1.00 bits per heavy atom. The van der Waals surface area contributed by atoms with E-state index in [0.29, 0.717) is 0 Å². The first-order valence-electron chi connectivity index (χ1n) is 4.85. The molecule has 1 aromatic rings. The van der Waals surface area contributed by atoms with Crippen molar-refractivity contribution < 1.29 is 0 Å². The molecule has 0 fully saturated rings. The van der Waals surface area contributed by atoms with E-state index in [0.717, 1.165) is 0 Å². The molecule has 0 atom stereocenters. The van der Waals surface area contributed by atoms with Gasteiger partial charge in [-0.15, -0.1) is 11.8 Å². The molecule has 0 aliphatic carbocycles. The molecule has 0 radical (unpaired) electrons. The standard InChI is InChI=1S/C8H10S.C4H10/c1-7-3-5-8(9-2)6-4-7;1-3-4-2/h3-6H,1-2H3;3-4H2,1-2H3. The van der Waals surface area contributed by atoms with Crippen molar-refractivity contribution >= 4 is 11.8 Å². The summed E-state index contributed by atoms with van der Waals surface area (Å²) in [7, 11) is 0. The Bertz CT molecular complexity index is 199. The highest BCUT2D eigenvalue weighted by Crippen LogP contribution is 2.13. The van der Waals surface area contributed by atoms with Crippen molar-refractivity contribution in [1.82, 2.24) is 0 Å². The van der Waals surface area contributed by atoms with Crippen LogP contribution in [0, 0.1) is 6.92 Å². The number of hydrogen-bond donors (Lipinski definition) is 0. The van der Waals surface area contributed by atoms with Crippen LogP contribution in [0.15, 0.2) is 29.2 Å². The zero-order valence-electron chi connectivity index (χ0n) is 9.13. The van der Waals surface area contributed by atoms with Crippen LogP contribution in [0.4, 0.5) is 0 Å². The molecule has 0 saturated carbocycles. The maximum Gasteiger partial charge on any atom is 0.00693 e. The van der Waals surface area contributed by atoms with Crippen LogP contribution in [0.3, 0.4) is 0 Å². The second kappa shape index (κ2) is 8.18. The molecule has 1 rings (SSSR count). The summed E-state index contributed by atoms with van der Waals surface area (Å²) >= 11 is 1.78. The van der Waals surface area contributed by atoms with Crippen molar-refractivity contribution in [3.8, 4) is 0 Å². The van der Waals surface area contributed by atoms with E-state index >= 15 is 0 Å². The second-order valence-corrected chi connectivity index (χ2v) is 3.90. The normalized spacial score (nSPS) is 8.92. The molecule has 0 heterocycles. The van der Waals surface area contributed by atoms with E-state index in [1.807, 2.05) is 0 Å². The van der Waals surface area contributed by atoms with Gasteiger partial charge < -0.3 is 0 Å². The van der Waals surface area contributed by atoms with Crippen LogP contribution < -0.4 is 0 Å². The van der Waals surface area contributed by atoms with Crippen molar-refractivity contribution in [2.75, 3.05) is 6.26 Å². The second-order valence-electron chi connectivity index (χ2n) is 3.02. The average Bonchev–Trinajstić information content (AvgIpc) is 2.19. The Morgan fingerprint density at radius 3 is 1.77 bits per heavy atom. The van der Waals surface area contributed by atoms with Gasteiger partial charge in [0.2, 0.25) is 0 Å². The van der Waals surface area contributed by atoms with E-state index < -0.39 is 0 Å². The van der Waals surface area contributed by atoms with Gasteiger partial charge in [0.25, 0.3) is 0 Å². The van der Waals surface area contributed by atoms with E-state index in [1.54, 1.807) is 11.8 Å². The van der Waals surface area contributed by atoms with Gasteiger partial charge in [-0.3, -0.25) is 0 Å². The zero-order valence-corrected chi connectivity index (χ0v) is 9.95. The summed E-state index contributed by atoms with van der Waals surface area (Å²) in [5.41, 5.74) is 1.33. The molecule has 1 aromatic carbocycles. The quantitative estimate of drug-likeness (QED) is 0.626. The topological polar surface area (TPSA) is 0 Å². The summed E-state index contributed by atoms with van der Waals surface area (Å²) in [4.78, 5) is 1.33. The lowest BCUT2D eigenvalue weighted by Gasteiger charge is -1.93. The largest absolute Gasteiger partial charge is 0.130 e. The Morgan fingerprint density at radius 2 is 1.46 bits per heavy atom. The van der Waals surface area contributed by atoms with E-state index in [4.69, 9.17) is 0 Å². The molecule has 0 aliphatic heterocycles. The van der Waals surface area contributed by atoms with Crippen LogP contribution in [0.5, 0.6) is 0 Å². The third-order valence-corrected chi connectivity index (χ3v) is 2.50. The highest BCUT2D eigenvalue weighted by molar-refractivity contribution is 7.98. The lowest BCUT2D eigenvalue weighted by Crippen LogP contribution is -1.70. The predicted molar refractivity (Wildman–Crippen MR) is 63.5 cm³/mol. The fraction of sp³-hybridized carbons (Fsp3) is 0.500. The van der Waals surface area contributed by atoms with Gasteiger partial charge in [-0.2, -0.15) is 0 Å². The number of thioether (sulfide) groups is 1. The summed E-state index contributed by atoms with van der Waals surface area (Å²) in [5, 5.41) is 0. The van der Waals surface area contributed by atoms with Gasteiger partial charge in [0.15, 0.2) is 0 Å². The van der Waals surface area contributed by atoms with Crippen LogP contribution in [0.2, 0.25) is 0 Å². The average molecular weight is 196 g/mol. The molecule has 0 aliphatic rings. The van der Waals surface area contributed by atoms with Crippen molar-refractivity contribution in [3.05, 3.63) is 29.8 Å². The van der Waals surface area contributed by atoms with Gasteiger partial charge in [-0.05, 0) is 25.3 Å². The SMILES string of the molecule is CCCC.CSc1ccc(C)cc1. The molecule has 0 bridgehead atoms. The summed E-state index contributed by atoms with van der Waals surface area (Å²) < 4.78 is 0. The van der Waals surface area contributed by atoms with Crippen LogP contribution in [0.25, 0.3) is 0 Å². The minimum absolute atomic E-state index is 1.32. The van der Waals surface area contributed by atoms with Crippen molar-refractivity contribution in [1.29, 1.82) is 0 Å². The van der Waals surface area contributed by atoms with Gasteiger partial charge in [0, 0.05) is 4.90 Å². The third kappa shape index (κ3) is 6.71. The fourth-order valence-corrected chi connectivity index (χ4v) is 1.08. The summed E-state index contributed by atoms with van der Waals surface area (Å²) in [6.45, 7) is 6.46. The lowest BCUT2D eigenvalue weighted by atomic mass is 10.2. The molecule has 13 heavy (non-hydrogen) atoms. The highest BCUT2D eigenvalue weighted by atomic mass is 32.2. The zero-order chi connectivity index (χ0) is 10.1. The first-order chi connectivity index (χ1) is 6.24. The maximum absolute atomic E-state index is 2.18. The first-order valence-corrected chi connectivity index (χ1v) is 6.07. The van der Waals surface area contributed by atoms with E-state index in [-0.39, 0.29) is 0 Å². The van der Waals surface area contributed by atoms with Crippen LogP contribution in [0.1, 0.15) is 32.3 Å². The number of hydrogen-bond acceptors (Lipinski definition) is 1. The van der Waals surface area contributed by atoms with Gasteiger partial charge in [0.1, 0.15) is 0 Å². The van der Waals surface area contributed by atoms with Gasteiger partial charge in [0.05, 0.1) is 0 Å². The van der Waals surface area contributed by atoms with Crippen molar-refractivity contribution in [3.63, 3.8) is 0 Å². The fourth-order valence-electron chi connectivity index (χ4n) is 0.674. The summed E-state index contributed by atoms with van der Waals surface area (Å²) in [6, 6.07) is 8.54. The predicted octanol–water partition coefficient (Wildman–Crippen LogP) is 4.52. The van der Waals surface area contributed by atoms with Crippen LogP contribution >= 0.6 is 11.8 Å². The summed E-state index contributed by atoms with van der Waals surface area (Å²) in [5.74, 6) is 0. The van der Waals surface area contributed by atoms with Gasteiger partial charge in [-0.25, -0.2) is 0 Å². The molecule has 1 heteroatoms. The molecule has 0 aromatic heterocycles. The Balaban J connectivity index is 0.000000310. The Kier molecular flexibility index (Phi) is 7.91. The molecule has 0 nitrogen and oxygen atoms in total. The minimum atomic E-state index is 1.32. The molecule has 0 spiro atoms. The Labute approximate surface area is 86.7 Å². The molecule has 0 N–H and O–H groups in total. The Hall–Kier alpha value is -0.430.